The molecule has 5 aromatic carbocycles. The summed E-state index contributed by atoms with van der Waals surface area (Å²) in [6.07, 6.45) is 1.60. The number of anilines is 4. The highest BCUT2D eigenvalue weighted by molar-refractivity contribution is 7.99. The number of alkyl halides is 3. The van der Waals surface area contributed by atoms with Gasteiger partial charge in [-0.25, -0.2) is 29.6 Å². The van der Waals surface area contributed by atoms with Crippen LogP contribution in [0.25, 0.3) is 22.4 Å². The van der Waals surface area contributed by atoms with E-state index >= 15 is 4.39 Å². The van der Waals surface area contributed by atoms with Gasteiger partial charge >= 0.3 is 19.1 Å². The molecule has 2 saturated heterocycles. The van der Waals surface area contributed by atoms with E-state index in [0.717, 1.165) is 23.3 Å². The Morgan fingerprint density at radius 2 is 1.45 bits per heavy atom. The topological polar surface area (TPSA) is 225 Å². The average molecular weight is 1270 g/mol. The van der Waals surface area contributed by atoms with Gasteiger partial charge in [0.15, 0.2) is 9.84 Å². The van der Waals surface area contributed by atoms with Crippen LogP contribution in [0.2, 0.25) is 5.02 Å². The van der Waals surface area contributed by atoms with Crippen molar-refractivity contribution in [3.63, 3.8) is 0 Å². The van der Waals surface area contributed by atoms with E-state index in [-0.39, 0.29) is 22.4 Å². The van der Waals surface area contributed by atoms with Gasteiger partial charge in [-0.05, 0) is 149 Å². The summed E-state index contributed by atoms with van der Waals surface area (Å²) < 4.78 is 161. The Morgan fingerprint density at radius 1 is 0.819 bits per heavy atom. The number of thioether (sulfide) groups is 1. The van der Waals surface area contributed by atoms with Crippen LogP contribution >= 0.6 is 31.0 Å². The Balaban J connectivity index is 0.959. The number of ether oxygens (including phenoxy) is 1. The zero-order chi connectivity index (χ0) is 60.2. The van der Waals surface area contributed by atoms with Gasteiger partial charge in [-0.1, -0.05) is 41.9 Å². The van der Waals surface area contributed by atoms with Crippen molar-refractivity contribution in [2.75, 3.05) is 90.4 Å². The summed E-state index contributed by atoms with van der Waals surface area (Å²) in [7, 11) is -19.0. The minimum Gasteiger partial charge on any atom is -0.465 e. The Kier molecular flexibility index (Phi) is 19.8. The Hall–Kier alpha value is -5.63. The number of carbonyl (C=O) groups is 1. The van der Waals surface area contributed by atoms with E-state index < -0.39 is 94.8 Å². The van der Waals surface area contributed by atoms with Crippen molar-refractivity contribution >= 4 is 89.4 Å². The minimum atomic E-state index is -6.13. The van der Waals surface area contributed by atoms with Crippen molar-refractivity contribution in [3.8, 4) is 22.4 Å². The van der Waals surface area contributed by atoms with Crippen molar-refractivity contribution in [1.82, 2.24) is 9.47 Å². The third kappa shape index (κ3) is 15.6. The molecule has 8 rings (SSSR count). The Morgan fingerprint density at radius 3 is 2.04 bits per heavy atom. The number of piperidine rings is 1. The Labute approximate surface area is 490 Å². The number of aromatic nitrogens is 1. The standard InChI is InChI=1S/C56H64ClF4N6O11PS4/c1-37(2)67-38(3)54(81(4,72)73)52(53(67)39-10-12-42(57)13-11-39)41-32-43(58)34-47(33-41)66-28-26-65(27-29-66)46-16-14-44(15-17-46)63-83(76,77)49-18-19-50(51(35-49)82(74,75)56(59,60)61)62-45(36-80-48-8-6-5-7-9-48)22-25-64-23-20-40(21-24-64)55(68)78-30-31-79(69,70)71/h5-19,32-35,37,40,45,62-63H,20-31,36H2,1-4H3,(H2,69,70,71)/t45-/m1/s1. The molecule has 448 valence electrons. The number of nitrogens with one attached hydrogen (secondary N) is 2. The molecule has 27 heteroatoms. The molecule has 6 aromatic rings. The van der Waals surface area contributed by atoms with Gasteiger partial charge in [0.25, 0.3) is 19.9 Å². The average Bonchev–Trinajstić information content (AvgIpc) is 2.05. The van der Waals surface area contributed by atoms with Crippen LogP contribution in [0.3, 0.4) is 0 Å². The highest BCUT2D eigenvalue weighted by atomic mass is 35.5. The number of hydrogen-bond acceptors (Lipinski definition) is 14. The summed E-state index contributed by atoms with van der Waals surface area (Å²) in [5, 5.41) is 3.48. The number of hydrogen-bond donors (Lipinski definition) is 4. The predicted octanol–water partition coefficient (Wildman–Crippen LogP) is 10.7. The number of sulfone groups is 2. The monoisotopic (exact) mass is 1270 g/mol. The van der Waals surface area contributed by atoms with Crippen LogP contribution in [0.1, 0.15) is 44.8 Å². The third-order valence-electron chi connectivity index (χ3n) is 14.5. The van der Waals surface area contributed by atoms with E-state index in [0.29, 0.717) is 116 Å². The van der Waals surface area contributed by atoms with Gasteiger partial charge in [0.05, 0.1) is 33.3 Å². The van der Waals surface area contributed by atoms with E-state index in [1.165, 1.54) is 36.0 Å². The van der Waals surface area contributed by atoms with Crippen LogP contribution in [0.5, 0.6) is 0 Å². The molecule has 0 saturated carbocycles. The first-order valence-corrected chi connectivity index (χ1v) is 34.5. The van der Waals surface area contributed by atoms with Crippen molar-refractivity contribution in [3.05, 3.63) is 132 Å². The maximum absolute atomic E-state index is 15.8. The van der Waals surface area contributed by atoms with Crippen LogP contribution in [-0.4, -0.2) is 133 Å². The van der Waals surface area contributed by atoms with Gasteiger partial charge in [-0.2, -0.15) is 13.2 Å². The Bertz CT molecular complexity index is 3690. The highest BCUT2D eigenvalue weighted by Gasteiger charge is 2.48. The van der Waals surface area contributed by atoms with Gasteiger partial charge in [-0.3, -0.25) is 14.1 Å². The molecule has 1 aromatic heterocycles. The van der Waals surface area contributed by atoms with E-state index in [1.54, 1.807) is 49.4 Å². The van der Waals surface area contributed by atoms with Crippen LogP contribution in [0.15, 0.2) is 135 Å². The molecule has 1 atom stereocenters. The second-order valence-electron chi connectivity index (χ2n) is 20.7. The van der Waals surface area contributed by atoms with Gasteiger partial charge in [0.1, 0.15) is 17.3 Å². The van der Waals surface area contributed by atoms with Crippen LogP contribution in [0, 0.1) is 18.7 Å². The summed E-state index contributed by atoms with van der Waals surface area (Å²) >= 11 is 7.62. The molecule has 83 heavy (non-hydrogen) atoms. The van der Waals surface area contributed by atoms with E-state index in [9.17, 15) is 47.8 Å². The summed E-state index contributed by atoms with van der Waals surface area (Å²) in [4.78, 5) is 35.7. The maximum atomic E-state index is 15.8. The molecule has 0 aliphatic carbocycles. The molecule has 0 bridgehead atoms. The van der Waals surface area contributed by atoms with Crippen LogP contribution < -0.4 is 19.8 Å². The van der Waals surface area contributed by atoms with Gasteiger partial charge in [-0.15, -0.1) is 11.8 Å². The normalized spacial score (nSPS) is 15.6. The van der Waals surface area contributed by atoms with E-state index in [2.05, 4.69) is 10.0 Å². The number of benzene rings is 5. The number of carbonyl (C=O) groups excluding carboxylic acids is 1. The molecule has 2 aliphatic heterocycles. The minimum absolute atomic E-state index is 0.0360. The number of halogens is 5. The van der Waals surface area contributed by atoms with E-state index in [4.69, 9.17) is 26.1 Å². The lowest BCUT2D eigenvalue weighted by Crippen LogP contribution is -2.46. The molecule has 0 radical (unpaired) electrons. The quantitative estimate of drug-likeness (QED) is 0.0215. The molecule has 4 N–H and O–H groups in total. The van der Waals surface area contributed by atoms with Gasteiger partial charge in [0.2, 0.25) is 0 Å². The lowest BCUT2D eigenvalue weighted by Gasteiger charge is -2.37. The largest absolute Gasteiger partial charge is 0.501 e. The van der Waals surface area contributed by atoms with Crippen LogP contribution in [-0.2, 0) is 43.8 Å². The summed E-state index contributed by atoms with van der Waals surface area (Å²) in [5.41, 5.74) is -2.42. The predicted molar refractivity (Wildman–Crippen MR) is 316 cm³/mol. The SMILES string of the molecule is Cc1c(S(C)(=O)=O)c(-c2cc(F)cc(N3CCN(c4ccc(NS(=O)(=O)c5ccc(N[C@H](CCN6CCC(C(=O)OCCP(=O)(O)O)CC6)CSc6ccccc6)c(S(=O)(=O)C(F)(F)F)c5)cc4)CC3)c2)c(-c2ccc(Cl)cc2)n1C(C)C. The van der Waals surface area contributed by atoms with E-state index in [1.807, 2.05) is 63.4 Å². The molecule has 0 unspecified atom stereocenters. The molecule has 0 amide bonds. The second kappa shape index (κ2) is 25.9. The molecule has 17 nitrogen and oxygen atoms in total. The lowest BCUT2D eigenvalue weighted by molar-refractivity contribution is -0.149. The number of rotatable bonds is 22. The van der Waals surface area contributed by atoms with Gasteiger partial charge in [0, 0.05) is 95.1 Å². The first kappa shape index (κ1) is 63.4. The smallest absolute Gasteiger partial charge is 0.465 e. The van der Waals surface area contributed by atoms with Crippen molar-refractivity contribution in [2.24, 2.45) is 5.92 Å². The molecule has 2 aliphatic rings. The zero-order valence-corrected chi connectivity index (χ0v) is 50.6. The lowest BCUT2D eigenvalue weighted by atomic mass is 9.97. The highest BCUT2D eigenvalue weighted by Crippen LogP contribution is 2.45. The molecule has 0 spiro atoms. The summed E-state index contributed by atoms with van der Waals surface area (Å²) in [6.45, 7) is 8.18. The fourth-order valence-corrected chi connectivity index (χ4v) is 15.2. The van der Waals surface area contributed by atoms with Crippen LogP contribution in [0.4, 0.5) is 40.3 Å². The van der Waals surface area contributed by atoms with Crippen molar-refractivity contribution < 1.29 is 66.7 Å². The number of nitrogens with zero attached hydrogens (tertiary/aromatic N) is 4. The fraction of sp³-hybridized carbons (Fsp3) is 0.375. The van der Waals surface area contributed by atoms with Gasteiger partial charge < -0.3 is 39.1 Å². The number of likely N-dealkylation sites (tertiary alicyclic amines) is 1. The number of esters is 1. The first-order chi connectivity index (χ1) is 39.0. The number of piperazine rings is 1. The molecule has 3 heterocycles. The molecular weight excluding hydrogens is 1200 g/mol. The first-order valence-electron chi connectivity index (χ1n) is 26.5. The van der Waals surface area contributed by atoms with Crippen molar-refractivity contribution in [1.29, 1.82) is 0 Å². The number of sulfonamides is 1. The second-order valence-corrected chi connectivity index (χ2v) is 29.6. The maximum Gasteiger partial charge on any atom is 0.501 e. The summed E-state index contributed by atoms with van der Waals surface area (Å²) in [6, 6.07) is 28.6. The van der Waals surface area contributed by atoms with Crippen molar-refractivity contribution in [2.45, 2.75) is 77.2 Å². The summed E-state index contributed by atoms with van der Waals surface area (Å²) in [5.74, 6) is -1.37. The zero-order valence-electron chi connectivity index (χ0n) is 45.7. The molecule has 2 fully saturated rings. The molecular formula is C56H64ClF4N6O11PS4. The fourth-order valence-electron chi connectivity index (χ4n) is 10.4. The third-order valence-corrected chi connectivity index (χ3v) is 20.8.